The number of nitrogens with zero attached hydrogens (tertiary/aromatic N) is 3. The first kappa shape index (κ1) is 20.1. The van der Waals surface area contributed by atoms with Gasteiger partial charge in [-0.15, -0.1) is 0 Å². The second kappa shape index (κ2) is 8.27. The number of aromatic nitrogens is 3. The quantitative estimate of drug-likeness (QED) is 0.359. The Morgan fingerprint density at radius 2 is 1.37 bits per heavy atom. The second-order valence-electron chi connectivity index (χ2n) is 8.49. The van der Waals surface area contributed by atoms with Crippen LogP contribution < -0.4 is 0 Å². The van der Waals surface area contributed by atoms with Crippen molar-refractivity contribution in [1.82, 2.24) is 14.5 Å². The van der Waals surface area contributed by atoms with E-state index in [-0.39, 0.29) is 0 Å². The summed E-state index contributed by atoms with van der Waals surface area (Å²) in [6, 6.07) is 19.4. The molecule has 0 saturated heterocycles. The zero-order valence-electron chi connectivity index (χ0n) is 18.4. The van der Waals surface area contributed by atoms with Crippen LogP contribution in [0.5, 0.6) is 0 Å². The van der Waals surface area contributed by atoms with E-state index < -0.39 is 0 Å². The van der Waals surface area contributed by atoms with E-state index in [0.717, 1.165) is 17.1 Å². The molecule has 3 heteroatoms. The molecule has 0 radical (unpaired) electrons. The highest BCUT2D eigenvalue weighted by Gasteiger charge is 2.20. The maximum Gasteiger partial charge on any atom is 0.144 e. The molecule has 0 saturated carbocycles. The summed E-state index contributed by atoms with van der Waals surface area (Å²) in [6.45, 7) is 11.1. The van der Waals surface area contributed by atoms with E-state index in [1.165, 1.54) is 27.9 Å². The lowest BCUT2D eigenvalue weighted by molar-refractivity contribution is 0.807. The molecule has 2 heterocycles. The van der Waals surface area contributed by atoms with E-state index in [4.69, 9.17) is 4.98 Å². The number of rotatable bonds is 5. The zero-order valence-corrected chi connectivity index (χ0v) is 18.4. The van der Waals surface area contributed by atoms with Gasteiger partial charge in [-0.25, -0.2) is 4.98 Å². The Kier molecular flexibility index (Phi) is 5.54. The van der Waals surface area contributed by atoms with Crippen LogP contribution in [-0.4, -0.2) is 14.5 Å². The number of imidazole rings is 1. The van der Waals surface area contributed by atoms with Gasteiger partial charge in [0.2, 0.25) is 0 Å². The van der Waals surface area contributed by atoms with Gasteiger partial charge in [0.1, 0.15) is 5.82 Å². The highest BCUT2D eigenvalue weighted by atomic mass is 15.1. The van der Waals surface area contributed by atoms with Gasteiger partial charge in [-0.1, -0.05) is 58.0 Å². The van der Waals surface area contributed by atoms with Gasteiger partial charge < -0.3 is 0 Å². The average molecular weight is 396 g/mol. The van der Waals surface area contributed by atoms with Crippen molar-refractivity contribution in [3.63, 3.8) is 0 Å². The van der Waals surface area contributed by atoms with Gasteiger partial charge >= 0.3 is 0 Å². The maximum absolute atomic E-state index is 4.71. The van der Waals surface area contributed by atoms with E-state index in [1.54, 1.807) is 0 Å². The van der Waals surface area contributed by atoms with Gasteiger partial charge in [-0.2, -0.15) is 0 Å². The van der Waals surface area contributed by atoms with Crippen LogP contribution in [0.4, 0.5) is 0 Å². The molecule has 152 valence electrons. The molecule has 0 aliphatic heterocycles. The fourth-order valence-corrected chi connectivity index (χ4v) is 4.01. The summed E-state index contributed by atoms with van der Waals surface area (Å²) in [5.41, 5.74) is 8.55. The van der Waals surface area contributed by atoms with Crippen molar-refractivity contribution >= 4 is 0 Å². The Balaban J connectivity index is 1.98. The lowest BCUT2D eigenvalue weighted by Crippen LogP contribution is -2.08. The Hall–Kier alpha value is -3.20. The number of hydrogen-bond acceptors (Lipinski definition) is 2. The molecule has 0 amide bonds. The smallest absolute Gasteiger partial charge is 0.144 e. The van der Waals surface area contributed by atoms with Crippen LogP contribution in [-0.2, 0) is 0 Å². The molecule has 0 fully saturated rings. The Labute approximate surface area is 179 Å². The Morgan fingerprint density at radius 1 is 0.700 bits per heavy atom. The van der Waals surface area contributed by atoms with Crippen molar-refractivity contribution in [3.05, 3.63) is 90.0 Å². The summed E-state index contributed by atoms with van der Waals surface area (Å²) in [5, 5.41) is 0. The van der Waals surface area contributed by atoms with Crippen LogP contribution in [0.1, 0.15) is 56.4 Å². The summed E-state index contributed by atoms with van der Waals surface area (Å²) in [4.78, 5) is 9.08. The zero-order chi connectivity index (χ0) is 21.3. The van der Waals surface area contributed by atoms with Gasteiger partial charge in [0.15, 0.2) is 0 Å². The van der Waals surface area contributed by atoms with E-state index in [0.29, 0.717) is 11.8 Å². The molecule has 0 aliphatic carbocycles. The van der Waals surface area contributed by atoms with E-state index in [2.05, 4.69) is 92.0 Å². The fourth-order valence-electron chi connectivity index (χ4n) is 4.01. The van der Waals surface area contributed by atoms with Crippen LogP contribution in [0.2, 0.25) is 0 Å². The first-order chi connectivity index (χ1) is 14.5. The topological polar surface area (TPSA) is 30.7 Å². The third-order valence-electron chi connectivity index (χ3n) is 5.56. The highest BCUT2D eigenvalue weighted by molar-refractivity contribution is 5.71. The summed E-state index contributed by atoms with van der Waals surface area (Å²) >= 11 is 0. The Morgan fingerprint density at radius 3 is 1.97 bits per heavy atom. The first-order valence-electron chi connectivity index (χ1n) is 10.7. The van der Waals surface area contributed by atoms with Crippen molar-refractivity contribution in [3.8, 4) is 28.2 Å². The first-order valence-corrected chi connectivity index (χ1v) is 10.7. The second-order valence-corrected chi connectivity index (χ2v) is 8.49. The molecule has 0 aliphatic rings. The molecule has 2 aromatic carbocycles. The molecular formula is C27H29N3. The molecule has 0 N–H and O–H groups in total. The summed E-state index contributed by atoms with van der Waals surface area (Å²) in [6.07, 6.45) is 5.88. The molecule has 4 rings (SSSR count). The van der Waals surface area contributed by atoms with Crippen molar-refractivity contribution in [1.29, 1.82) is 0 Å². The fraction of sp³-hybridized carbons (Fsp3) is 0.259. The SMILES string of the molecule is Cc1cc(-c2cc(C(C)C)c(-n3ccnc3-c3ccccc3)c(C(C)C)c2)ccn1. The molecule has 30 heavy (non-hydrogen) atoms. The molecule has 0 bridgehead atoms. The number of aryl methyl sites for hydroxylation is 1. The van der Waals surface area contributed by atoms with E-state index >= 15 is 0 Å². The largest absolute Gasteiger partial charge is 0.299 e. The van der Waals surface area contributed by atoms with Crippen molar-refractivity contribution in [2.45, 2.75) is 46.5 Å². The number of benzene rings is 2. The monoisotopic (exact) mass is 395 g/mol. The highest BCUT2D eigenvalue weighted by Crippen LogP contribution is 2.37. The van der Waals surface area contributed by atoms with Crippen LogP contribution in [0.3, 0.4) is 0 Å². The van der Waals surface area contributed by atoms with Crippen molar-refractivity contribution in [2.75, 3.05) is 0 Å². The maximum atomic E-state index is 4.71. The minimum absolute atomic E-state index is 0.381. The van der Waals surface area contributed by atoms with Gasteiger partial charge in [-0.05, 0) is 65.3 Å². The third-order valence-corrected chi connectivity index (χ3v) is 5.56. The summed E-state index contributed by atoms with van der Waals surface area (Å²) in [7, 11) is 0. The van der Waals surface area contributed by atoms with Gasteiger partial charge in [0.05, 0.1) is 5.69 Å². The van der Waals surface area contributed by atoms with Crippen LogP contribution in [0.25, 0.3) is 28.2 Å². The third kappa shape index (κ3) is 3.80. The van der Waals surface area contributed by atoms with Crippen molar-refractivity contribution in [2.24, 2.45) is 0 Å². The molecule has 0 spiro atoms. The van der Waals surface area contributed by atoms with E-state index in [1.807, 2.05) is 25.4 Å². The van der Waals surface area contributed by atoms with Crippen LogP contribution in [0, 0.1) is 6.92 Å². The predicted octanol–water partition coefficient (Wildman–Crippen LogP) is 7.16. The summed E-state index contributed by atoms with van der Waals surface area (Å²) < 4.78 is 2.27. The number of pyridine rings is 1. The molecule has 2 aromatic heterocycles. The normalized spacial score (nSPS) is 11.4. The number of hydrogen-bond donors (Lipinski definition) is 0. The molecule has 0 unspecified atom stereocenters. The lowest BCUT2D eigenvalue weighted by atomic mass is 9.88. The minimum Gasteiger partial charge on any atom is -0.299 e. The van der Waals surface area contributed by atoms with Crippen LogP contribution in [0.15, 0.2) is 73.2 Å². The average Bonchev–Trinajstić information content (AvgIpc) is 3.23. The van der Waals surface area contributed by atoms with Gasteiger partial charge in [0, 0.05) is 29.8 Å². The van der Waals surface area contributed by atoms with Crippen LogP contribution >= 0.6 is 0 Å². The standard InChI is InChI=1S/C27H29N3/c1-18(2)24-16-23(22-11-12-28-20(5)15-22)17-25(19(3)4)26(24)30-14-13-29-27(30)21-9-7-6-8-10-21/h6-19H,1-5H3. The Bertz CT molecular complexity index is 1120. The summed E-state index contributed by atoms with van der Waals surface area (Å²) in [5.74, 6) is 1.74. The molecular weight excluding hydrogens is 366 g/mol. The van der Waals surface area contributed by atoms with Gasteiger partial charge in [-0.3, -0.25) is 9.55 Å². The molecule has 0 atom stereocenters. The lowest BCUT2D eigenvalue weighted by Gasteiger charge is -2.23. The van der Waals surface area contributed by atoms with Crippen molar-refractivity contribution < 1.29 is 0 Å². The molecule has 3 nitrogen and oxygen atoms in total. The van der Waals surface area contributed by atoms with E-state index in [9.17, 15) is 0 Å². The minimum atomic E-state index is 0.381. The van der Waals surface area contributed by atoms with Gasteiger partial charge in [0.25, 0.3) is 0 Å². The molecule has 4 aromatic rings. The predicted molar refractivity (Wildman–Crippen MR) is 125 cm³/mol.